The van der Waals surface area contributed by atoms with Crippen molar-refractivity contribution in [2.75, 3.05) is 0 Å². The maximum absolute atomic E-state index is 10.5. The second kappa shape index (κ2) is 6.71. The average molecular weight is 272 g/mol. The lowest BCUT2D eigenvalue weighted by Gasteiger charge is -2.21. The molecule has 3 nitrogen and oxygen atoms in total. The molecule has 2 rings (SSSR count). The number of hydrogen-bond donors (Lipinski definition) is 1. The third kappa shape index (κ3) is 3.48. The molecule has 0 bridgehead atoms. The molecule has 0 aliphatic carbocycles. The minimum Gasteiger partial charge on any atom is -0.392 e. The molecule has 2 unspecified atom stereocenters. The van der Waals surface area contributed by atoms with Crippen LogP contribution < -0.4 is 0 Å². The Morgan fingerprint density at radius 2 is 1.85 bits per heavy atom. The number of hydrogen-bond acceptors (Lipinski definition) is 2. The van der Waals surface area contributed by atoms with E-state index >= 15 is 0 Å². The fraction of sp³-hybridized carbons (Fsp3) is 0.471. The molecule has 1 heterocycles. The van der Waals surface area contributed by atoms with Crippen LogP contribution in [0.15, 0.2) is 42.6 Å². The highest BCUT2D eigenvalue weighted by atomic mass is 16.3. The molecular weight excluding hydrogens is 248 g/mol. The third-order valence-corrected chi connectivity index (χ3v) is 3.74. The maximum Gasteiger partial charge on any atom is 0.0664 e. The van der Waals surface area contributed by atoms with Crippen molar-refractivity contribution < 1.29 is 5.11 Å². The Labute approximate surface area is 121 Å². The zero-order chi connectivity index (χ0) is 14.5. The van der Waals surface area contributed by atoms with E-state index in [9.17, 15) is 5.11 Å². The summed E-state index contributed by atoms with van der Waals surface area (Å²) in [6.07, 6.45) is 3.12. The van der Waals surface area contributed by atoms with Gasteiger partial charge in [-0.25, -0.2) is 0 Å². The van der Waals surface area contributed by atoms with E-state index in [2.05, 4.69) is 38.0 Å². The molecular formula is C17H24N2O. The van der Waals surface area contributed by atoms with Crippen molar-refractivity contribution in [3.63, 3.8) is 0 Å². The molecule has 0 saturated carbocycles. The maximum atomic E-state index is 10.5. The Morgan fingerprint density at radius 1 is 1.15 bits per heavy atom. The first kappa shape index (κ1) is 14.8. The van der Waals surface area contributed by atoms with Gasteiger partial charge in [0, 0.05) is 24.6 Å². The van der Waals surface area contributed by atoms with Crippen molar-refractivity contribution >= 4 is 0 Å². The van der Waals surface area contributed by atoms with Crippen LogP contribution in [0.5, 0.6) is 0 Å². The number of rotatable bonds is 6. The molecule has 0 aliphatic rings. The number of aromatic nitrogens is 2. The first-order chi connectivity index (χ1) is 9.61. The molecule has 3 heteroatoms. The Morgan fingerprint density at radius 3 is 2.40 bits per heavy atom. The second-order valence-electron chi connectivity index (χ2n) is 5.58. The monoisotopic (exact) mass is 272 g/mol. The van der Waals surface area contributed by atoms with Gasteiger partial charge < -0.3 is 5.11 Å². The lowest BCUT2D eigenvalue weighted by Crippen LogP contribution is -2.21. The van der Waals surface area contributed by atoms with E-state index in [1.54, 1.807) is 0 Å². The molecule has 0 amide bonds. The summed E-state index contributed by atoms with van der Waals surface area (Å²) in [6.45, 7) is 6.33. The van der Waals surface area contributed by atoms with Gasteiger partial charge in [0.05, 0.1) is 11.8 Å². The number of aliphatic hydroxyl groups is 1. The van der Waals surface area contributed by atoms with E-state index in [0.29, 0.717) is 12.5 Å². The van der Waals surface area contributed by atoms with Gasteiger partial charge in [-0.15, -0.1) is 0 Å². The number of benzene rings is 1. The minimum absolute atomic E-state index is 0.167. The second-order valence-corrected chi connectivity index (χ2v) is 5.58. The molecule has 0 radical (unpaired) electrons. The molecule has 1 N–H and O–H groups in total. The van der Waals surface area contributed by atoms with Gasteiger partial charge in [-0.2, -0.15) is 5.10 Å². The van der Waals surface area contributed by atoms with Gasteiger partial charge in [0.15, 0.2) is 0 Å². The molecule has 0 saturated heterocycles. The zero-order valence-corrected chi connectivity index (χ0v) is 12.5. The quantitative estimate of drug-likeness (QED) is 0.873. The summed E-state index contributed by atoms with van der Waals surface area (Å²) in [5.74, 6) is 0.167. The summed E-state index contributed by atoms with van der Waals surface area (Å²) >= 11 is 0. The molecule has 1 aromatic heterocycles. The normalized spacial score (nSPS) is 14.4. The summed E-state index contributed by atoms with van der Waals surface area (Å²) in [6, 6.07) is 12.6. The highest BCUT2D eigenvalue weighted by Crippen LogP contribution is 2.25. The highest BCUT2D eigenvalue weighted by Gasteiger charge is 2.20. The largest absolute Gasteiger partial charge is 0.392 e. The average Bonchev–Trinajstić information content (AvgIpc) is 2.89. The Kier molecular flexibility index (Phi) is 4.96. The Hall–Kier alpha value is -1.61. The third-order valence-electron chi connectivity index (χ3n) is 3.74. The van der Waals surface area contributed by atoms with E-state index in [4.69, 9.17) is 0 Å². The smallest absolute Gasteiger partial charge is 0.0664 e. The number of aliphatic hydroxyl groups excluding tert-OH is 1. The van der Waals surface area contributed by atoms with E-state index < -0.39 is 6.10 Å². The van der Waals surface area contributed by atoms with Gasteiger partial charge in [0.1, 0.15) is 0 Å². The highest BCUT2D eigenvalue weighted by molar-refractivity contribution is 5.21. The fourth-order valence-electron chi connectivity index (χ4n) is 2.56. The lowest BCUT2D eigenvalue weighted by molar-refractivity contribution is 0.139. The van der Waals surface area contributed by atoms with E-state index in [-0.39, 0.29) is 5.92 Å². The van der Waals surface area contributed by atoms with Crippen LogP contribution in [0.4, 0.5) is 0 Å². The van der Waals surface area contributed by atoms with Crippen molar-refractivity contribution in [2.45, 2.75) is 51.7 Å². The van der Waals surface area contributed by atoms with Crippen molar-refractivity contribution in [3.8, 4) is 0 Å². The van der Waals surface area contributed by atoms with Gasteiger partial charge in [-0.3, -0.25) is 4.68 Å². The lowest BCUT2D eigenvalue weighted by atomic mass is 9.89. The van der Waals surface area contributed by atoms with Crippen LogP contribution in [0.2, 0.25) is 0 Å². The van der Waals surface area contributed by atoms with Crippen LogP contribution in [-0.4, -0.2) is 21.0 Å². The predicted molar refractivity (Wildman–Crippen MR) is 81.8 cm³/mol. The Bertz CT molecular complexity index is 519. The Balaban J connectivity index is 2.07. The van der Waals surface area contributed by atoms with Crippen LogP contribution >= 0.6 is 0 Å². The van der Waals surface area contributed by atoms with Crippen LogP contribution in [-0.2, 0) is 6.42 Å². The molecule has 0 fully saturated rings. The van der Waals surface area contributed by atoms with Crippen LogP contribution in [0.3, 0.4) is 0 Å². The van der Waals surface area contributed by atoms with E-state index in [1.165, 1.54) is 5.56 Å². The van der Waals surface area contributed by atoms with Crippen molar-refractivity contribution in [1.82, 2.24) is 9.78 Å². The topological polar surface area (TPSA) is 38.0 Å². The molecule has 2 atom stereocenters. The van der Waals surface area contributed by atoms with Gasteiger partial charge in [-0.1, -0.05) is 37.3 Å². The van der Waals surface area contributed by atoms with E-state index in [1.807, 2.05) is 35.1 Å². The molecule has 0 aliphatic heterocycles. The van der Waals surface area contributed by atoms with Crippen LogP contribution in [0.25, 0.3) is 0 Å². The first-order valence-electron chi connectivity index (χ1n) is 7.38. The zero-order valence-electron chi connectivity index (χ0n) is 12.5. The van der Waals surface area contributed by atoms with Gasteiger partial charge in [-0.05, 0) is 31.9 Å². The summed E-state index contributed by atoms with van der Waals surface area (Å²) in [5.41, 5.74) is 2.16. The summed E-state index contributed by atoms with van der Waals surface area (Å²) < 4.78 is 1.94. The van der Waals surface area contributed by atoms with Gasteiger partial charge in [0.2, 0.25) is 0 Å². The molecule has 2 aromatic rings. The first-order valence-corrected chi connectivity index (χ1v) is 7.38. The molecule has 0 spiro atoms. The van der Waals surface area contributed by atoms with Crippen molar-refractivity contribution in [1.29, 1.82) is 0 Å². The molecule has 20 heavy (non-hydrogen) atoms. The van der Waals surface area contributed by atoms with Gasteiger partial charge >= 0.3 is 0 Å². The standard InChI is InChI=1S/C17H24N2O/c1-4-16(14-8-6-5-7-9-14)17(20)12-15-10-11-19(18-15)13(2)3/h5-11,13,16-17,20H,4,12H2,1-3H3. The predicted octanol–water partition coefficient (Wildman–Crippen LogP) is 3.56. The van der Waals surface area contributed by atoms with Crippen LogP contribution in [0.1, 0.15) is 50.4 Å². The van der Waals surface area contributed by atoms with Crippen molar-refractivity contribution in [3.05, 3.63) is 53.9 Å². The summed E-state index contributed by atoms with van der Waals surface area (Å²) in [4.78, 5) is 0. The van der Waals surface area contributed by atoms with Crippen molar-refractivity contribution in [2.24, 2.45) is 0 Å². The summed E-state index contributed by atoms with van der Waals surface area (Å²) in [5, 5.41) is 15.0. The minimum atomic E-state index is -0.391. The molecule has 1 aromatic carbocycles. The van der Waals surface area contributed by atoms with Crippen LogP contribution in [0, 0.1) is 0 Å². The van der Waals surface area contributed by atoms with E-state index in [0.717, 1.165) is 12.1 Å². The summed E-state index contributed by atoms with van der Waals surface area (Å²) in [7, 11) is 0. The number of nitrogens with zero attached hydrogens (tertiary/aromatic N) is 2. The fourth-order valence-corrected chi connectivity index (χ4v) is 2.56. The van der Waals surface area contributed by atoms with Gasteiger partial charge in [0.25, 0.3) is 0 Å². The SMILES string of the molecule is CCC(c1ccccc1)C(O)Cc1ccn(C(C)C)n1. The molecule has 108 valence electrons.